The van der Waals surface area contributed by atoms with Crippen molar-refractivity contribution in [2.45, 2.75) is 68.6 Å². The number of amides is 4. The number of aliphatic hydroxyl groups is 4. The number of rotatable bonds is 8. The molecule has 4 bridgehead atoms. The van der Waals surface area contributed by atoms with Gasteiger partial charge >= 0.3 is 0 Å². The third-order valence-electron chi connectivity index (χ3n) is 10.2. The second-order valence-corrected chi connectivity index (χ2v) is 18.7. The van der Waals surface area contributed by atoms with Gasteiger partial charge in [-0.25, -0.2) is 0 Å². The normalized spacial score (nSPS) is 32.3. The van der Waals surface area contributed by atoms with Gasteiger partial charge in [0, 0.05) is 28.2 Å². The first kappa shape index (κ1) is 38.8. The second-order valence-electron chi connectivity index (χ2n) is 12.6. The molecule has 4 amide bonds. The fourth-order valence-corrected chi connectivity index (χ4v) is 14.0. The Labute approximate surface area is 309 Å². The Morgan fingerprint density at radius 1 is 0.500 bits per heavy atom. The summed E-state index contributed by atoms with van der Waals surface area (Å²) in [7, 11) is 6.48. The summed E-state index contributed by atoms with van der Waals surface area (Å²) in [5.74, 6) is -0.798. The van der Waals surface area contributed by atoms with Crippen LogP contribution in [-0.2, 0) is 32.4 Å². The van der Waals surface area contributed by atoms with Gasteiger partial charge in [-0.1, -0.05) is 62.4 Å². The number of hydrogen-bond donors (Lipinski definition) is 4. The van der Waals surface area contributed by atoms with Crippen LogP contribution >= 0.6 is 47.0 Å². The standard InChI is InChI=1S/C18H24N2O3S2.C16H20N2O5S2/c1-5-17-15(22)20(4)18(6-2,16(23)19(17)3)25-14(24-17)13-9-7-12(11-21)8-10-13;1-17-13(22)16(9-21)18(2)14(23)15(17,8-20)24-12(25-16)11-5-3-10(7-19)4-6-11/h7-10,14,21H,5-6,11H2,1-4H3;3-6,12,19-21H,7-9H2,1-2H3/t17-,18-;15-,16-/m00/s1. The monoisotopic (exact) mass is 764 g/mol. The molecular formula is C34H44N4O8S4. The highest BCUT2D eigenvalue weighted by Gasteiger charge is 2.66. The number of piperazine rings is 2. The first-order valence-corrected chi connectivity index (χ1v) is 19.7. The maximum atomic E-state index is 13.2. The summed E-state index contributed by atoms with van der Waals surface area (Å²) in [4.78, 5) is 53.6. The van der Waals surface area contributed by atoms with E-state index in [-0.39, 0.29) is 34.2 Å². The number of benzene rings is 2. The van der Waals surface area contributed by atoms with Gasteiger partial charge in [-0.05, 0) is 35.1 Å². The highest BCUT2D eigenvalue weighted by atomic mass is 32.2. The van der Waals surface area contributed by atoms with Crippen molar-refractivity contribution in [2.75, 3.05) is 41.4 Å². The van der Waals surface area contributed by atoms with Crippen LogP contribution in [0.25, 0.3) is 0 Å². The third-order valence-corrected chi connectivity index (χ3v) is 17.5. The summed E-state index contributed by atoms with van der Waals surface area (Å²) in [5.41, 5.74) is 3.51. The van der Waals surface area contributed by atoms with Crippen molar-refractivity contribution in [3.8, 4) is 0 Å². The van der Waals surface area contributed by atoms with E-state index >= 15 is 0 Å². The molecule has 2 aromatic carbocycles. The molecule has 16 heteroatoms. The second kappa shape index (κ2) is 14.5. The third kappa shape index (κ3) is 5.74. The van der Waals surface area contributed by atoms with Crippen LogP contribution in [0, 0.1) is 0 Å². The van der Waals surface area contributed by atoms with Crippen LogP contribution in [0.15, 0.2) is 48.5 Å². The van der Waals surface area contributed by atoms with E-state index < -0.39 is 44.5 Å². The van der Waals surface area contributed by atoms with E-state index in [0.717, 1.165) is 22.3 Å². The number of nitrogens with zero attached hydrogens (tertiary/aromatic N) is 4. The van der Waals surface area contributed by atoms with Gasteiger partial charge in [-0.15, -0.1) is 47.0 Å². The Morgan fingerprint density at radius 2 is 0.760 bits per heavy atom. The Kier molecular flexibility index (Phi) is 11.3. The lowest BCUT2D eigenvalue weighted by Crippen LogP contribution is -2.73. The minimum Gasteiger partial charge on any atom is -0.392 e. The number of fused-ring (bicyclic) bond motifs is 8. The highest BCUT2D eigenvalue weighted by molar-refractivity contribution is 8.19. The zero-order chi connectivity index (χ0) is 36.8. The fraction of sp³-hybridized carbons (Fsp3) is 0.529. The van der Waals surface area contributed by atoms with Crippen LogP contribution in [0.2, 0.25) is 0 Å². The minimum absolute atomic E-state index is 0.00543. The molecule has 8 rings (SSSR count). The SMILES string of the molecule is CC[C@@]12SC(c3ccc(CO)cc3)S[C@@](CC)(C(=O)N1C)N(C)C2=O.CN1C(=O)[C@]2(CO)SC(c3ccc(CO)cc3)S[C@@]1(CO)C(=O)N2C. The van der Waals surface area contributed by atoms with E-state index in [4.69, 9.17) is 0 Å². The molecule has 0 spiro atoms. The molecular weight excluding hydrogens is 721 g/mol. The maximum absolute atomic E-state index is 13.2. The first-order valence-electron chi connectivity index (χ1n) is 16.2. The van der Waals surface area contributed by atoms with Gasteiger partial charge in [0.05, 0.1) is 35.6 Å². The Balaban J connectivity index is 0.000000194. The number of carbonyl (C=O) groups excluding carboxylic acids is 4. The average Bonchev–Trinajstić information content (AvgIpc) is 3.43. The van der Waals surface area contributed by atoms with Gasteiger partial charge < -0.3 is 40.0 Å². The van der Waals surface area contributed by atoms with Crippen LogP contribution in [0.1, 0.15) is 58.1 Å². The minimum atomic E-state index is -1.42. The summed E-state index contributed by atoms with van der Waals surface area (Å²) in [6, 6.07) is 15.0. The summed E-state index contributed by atoms with van der Waals surface area (Å²) in [6.07, 6.45) is 1.13. The zero-order valence-corrected chi connectivity index (χ0v) is 32.1. The lowest BCUT2D eigenvalue weighted by molar-refractivity contribution is -0.166. The zero-order valence-electron chi connectivity index (χ0n) is 28.9. The van der Waals surface area contributed by atoms with Gasteiger partial charge in [0.15, 0.2) is 19.5 Å². The molecule has 0 saturated carbocycles. The van der Waals surface area contributed by atoms with E-state index in [1.807, 2.05) is 50.2 Å². The van der Waals surface area contributed by atoms with Crippen LogP contribution < -0.4 is 0 Å². The van der Waals surface area contributed by atoms with Crippen molar-refractivity contribution in [3.63, 3.8) is 0 Å². The molecule has 4 N–H and O–H groups in total. The molecule has 50 heavy (non-hydrogen) atoms. The van der Waals surface area contributed by atoms with Crippen molar-refractivity contribution in [2.24, 2.45) is 0 Å². The molecule has 4 atom stereocenters. The van der Waals surface area contributed by atoms with Crippen molar-refractivity contribution in [1.29, 1.82) is 0 Å². The van der Waals surface area contributed by atoms with Gasteiger partial charge in [-0.3, -0.25) is 19.2 Å². The largest absolute Gasteiger partial charge is 0.392 e. The average molecular weight is 765 g/mol. The summed E-state index contributed by atoms with van der Waals surface area (Å²) >= 11 is 5.52. The topological polar surface area (TPSA) is 162 Å². The molecule has 272 valence electrons. The lowest BCUT2D eigenvalue weighted by atomic mass is 10.0. The van der Waals surface area contributed by atoms with Crippen LogP contribution in [0.5, 0.6) is 0 Å². The van der Waals surface area contributed by atoms with E-state index in [2.05, 4.69) is 0 Å². The van der Waals surface area contributed by atoms with Gasteiger partial charge in [0.2, 0.25) is 0 Å². The molecule has 6 fully saturated rings. The van der Waals surface area contributed by atoms with Crippen molar-refractivity contribution in [1.82, 2.24) is 19.6 Å². The molecule has 0 aromatic heterocycles. The molecule has 0 unspecified atom stereocenters. The first-order chi connectivity index (χ1) is 23.7. The fourth-order valence-electron chi connectivity index (χ4n) is 6.75. The highest BCUT2D eigenvalue weighted by Crippen LogP contribution is 2.62. The van der Waals surface area contributed by atoms with Crippen LogP contribution in [0.4, 0.5) is 0 Å². The molecule has 6 saturated heterocycles. The van der Waals surface area contributed by atoms with E-state index in [1.165, 1.54) is 47.4 Å². The summed E-state index contributed by atoms with van der Waals surface area (Å²) in [6.45, 7) is 2.82. The molecule has 6 aliphatic rings. The number of likely N-dealkylation sites (N-methyl/N-ethyl adjacent to an activating group) is 4. The maximum Gasteiger partial charge on any atom is 0.262 e. The number of carbonyl (C=O) groups is 4. The smallest absolute Gasteiger partial charge is 0.262 e. The predicted octanol–water partition coefficient (Wildman–Crippen LogP) is 2.77. The number of aliphatic hydroxyl groups excluding tert-OH is 4. The lowest BCUT2D eigenvalue weighted by Gasteiger charge is -2.51. The predicted molar refractivity (Wildman–Crippen MR) is 197 cm³/mol. The van der Waals surface area contributed by atoms with E-state index in [1.54, 1.807) is 59.6 Å². The van der Waals surface area contributed by atoms with Crippen LogP contribution in [-0.4, -0.2) is 125 Å². The quantitative estimate of drug-likeness (QED) is 0.312. The molecule has 6 aliphatic heterocycles. The molecule has 0 radical (unpaired) electrons. The number of thioether (sulfide) groups is 4. The molecule has 2 aromatic rings. The molecule has 6 heterocycles. The Bertz CT molecular complexity index is 1440. The molecule has 0 aliphatic carbocycles. The Morgan fingerprint density at radius 3 is 1.02 bits per heavy atom. The van der Waals surface area contributed by atoms with Gasteiger partial charge in [-0.2, -0.15) is 0 Å². The van der Waals surface area contributed by atoms with Crippen molar-refractivity contribution >= 4 is 70.7 Å². The summed E-state index contributed by atoms with van der Waals surface area (Å²) < 4.78 is -0.384. The van der Waals surface area contributed by atoms with E-state index in [0.29, 0.717) is 12.8 Å². The van der Waals surface area contributed by atoms with Crippen molar-refractivity contribution < 1.29 is 39.6 Å². The van der Waals surface area contributed by atoms with Crippen LogP contribution in [0.3, 0.4) is 0 Å². The Hall–Kier alpha value is -2.44. The van der Waals surface area contributed by atoms with Crippen molar-refractivity contribution in [3.05, 3.63) is 70.8 Å². The van der Waals surface area contributed by atoms with Gasteiger partial charge in [0.1, 0.15) is 0 Å². The number of hydrogen-bond acceptors (Lipinski definition) is 12. The summed E-state index contributed by atoms with van der Waals surface area (Å²) in [5, 5.41) is 38.5. The van der Waals surface area contributed by atoms with E-state index in [9.17, 15) is 39.6 Å². The van der Waals surface area contributed by atoms with Gasteiger partial charge in [0.25, 0.3) is 23.6 Å². The molecule has 12 nitrogen and oxygen atoms in total.